The zero-order chi connectivity index (χ0) is 13.7. The molecule has 0 saturated carbocycles. The SMILES string of the molecule is CCOc1ccccc1N1CCC(C)NC(C)CC1. The number of nitrogens with one attached hydrogen (secondary N) is 1. The molecular formula is C16H26N2O. The van der Waals surface area contributed by atoms with E-state index < -0.39 is 0 Å². The first-order chi connectivity index (χ1) is 9.20. The fourth-order valence-corrected chi connectivity index (χ4v) is 2.70. The fraction of sp³-hybridized carbons (Fsp3) is 0.625. The van der Waals surface area contributed by atoms with E-state index in [1.165, 1.54) is 18.5 Å². The lowest BCUT2D eigenvalue weighted by atomic mass is 10.1. The number of nitrogens with zero attached hydrogens (tertiary/aromatic N) is 1. The van der Waals surface area contributed by atoms with E-state index >= 15 is 0 Å². The average Bonchev–Trinajstić information content (AvgIpc) is 2.38. The number of hydrogen-bond acceptors (Lipinski definition) is 3. The molecule has 0 spiro atoms. The molecule has 1 aliphatic heterocycles. The van der Waals surface area contributed by atoms with Gasteiger partial charge >= 0.3 is 0 Å². The molecule has 1 heterocycles. The molecule has 0 aromatic heterocycles. The van der Waals surface area contributed by atoms with Gasteiger partial charge in [0.05, 0.1) is 12.3 Å². The van der Waals surface area contributed by atoms with Gasteiger partial charge in [0.2, 0.25) is 0 Å². The zero-order valence-electron chi connectivity index (χ0n) is 12.4. The van der Waals surface area contributed by atoms with Crippen LogP contribution in [0, 0.1) is 0 Å². The molecular weight excluding hydrogens is 236 g/mol. The van der Waals surface area contributed by atoms with E-state index in [0.717, 1.165) is 25.4 Å². The monoisotopic (exact) mass is 262 g/mol. The number of anilines is 1. The van der Waals surface area contributed by atoms with Crippen molar-refractivity contribution in [2.45, 2.75) is 45.7 Å². The minimum atomic E-state index is 0.581. The summed E-state index contributed by atoms with van der Waals surface area (Å²) in [6, 6.07) is 9.56. The van der Waals surface area contributed by atoms with E-state index in [0.29, 0.717) is 12.1 Å². The zero-order valence-corrected chi connectivity index (χ0v) is 12.4. The van der Waals surface area contributed by atoms with E-state index in [2.05, 4.69) is 42.3 Å². The lowest BCUT2D eigenvalue weighted by Crippen LogP contribution is -2.43. The summed E-state index contributed by atoms with van der Waals surface area (Å²) < 4.78 is 5.76. The first-order valence-electron chi connectivity index (χ1n) is 7.43. The van der Waals surface area contributed by atoms with Crippen molar-refractivity contribution in [3.63, 3.8) is 0 Å². The smallest absolute Gasteiger partial charge is 0.142 e. The van der Waals surface area contributed by atoms with E-state index in [1.54, 1.807) is 0 Å². The summed E-state index contributed by atoms with van der Waals surface area (Å²) in [5.74, 6) is 1.01. The summed E-state index contributed by atoms with van der Waals surface area (Å²) in [7, 11) is 0. The lowest BCUT2D eigenvalue weighted by Gasteiger charge is -2.33. The Morgan fingerprint density at radius 2 is 1.79 bits per heavy atom. The Hall–Kier alpha value is -1.22. The minimum absolute atomic E-state index is 0.581. The van der Waals surface area contributed by atoms with Crippen LogP contribution in [0.1, 0.15) is 33.6 Å². The predicted octanol–water partition coefficient (Wildman–Crippen LogP) is 3.05. The normalized spacial score (nSPS) is 24.7. The van der Waals surface area contributed by atoms with Crippen LogP contribution >= 0.6 is 0 Å². The van der Waals surface area contributed by atoms with Crippen LogP contribution in [0.4, 0.5) is 5.69 Å². The van der Waals surface area contributed by atoms with Gasteiger partial charge in [0, 0.05) is 25.2 Å². The molecule has 1 N–H and O–H groups in total. The summed E-state index contributed by atoms with van der Waals surface area (Å²) in [5.41, 5.74) is 1.24. The van der Waals surface area contributed by atoms with Gasteiger partial charge in [-0.15, -0.1) is 0 Å². The number of ether oxygens (including phenoxy) is 1. The quantitative estimate of drug-likeness (QED) is 0.906. The maximum absolute atomic E-state index is 5.76. The van der Waals surface area contributed by atoms with E-state index in [9.17, 15) is 0 Å². The van der Waals surface area contributed by atoms with E-state index in [1.807, 2.05) is 13.0 Å². The Morgan fingerprint density at radius 1 is 1.16 bits per heavy atom. The van der Waals surface area contributed by atoms with Gasteiger partial charge in [-0.3, -0.25) is 0 Å². The Labute approximate surface area is 116 Å². The molecule has 19 heavy (non-hydrogen) atoms. The van der Waals surface area contributed by atoms with Crippen molar-refractivity contribution in [3.8, 4) is 5.75 Å². The molecule has 0 aliphatic carbocycles. The molecule has 1 aromatic carbocycles. The van der Waals surface area contributed by atoms with Crippen molar-refractivity contribution >= 4 is 5.69 Å². The maximum atomic E-state index is 5.76. The second kappa shape index (κ2) is 6.80. The molecule has 1 aromatic rings. The van der Waals surface area contributed by atoms with Crippen LogP contribution in [-0.2, 0) is 0 Å². The highest BCUT2D eigenvalue weighted by Gasteiger charge is 2.18. The molecule has 2 atom stereocenters. The van der Waals surface area contributed by atoms with Crippen molar-refractivity contribution in [2.75, 3.05) is 24.6 Å². The third-order valence-electron chi connectivity index (χ3n) is 3.74. The van der Waals surface area contributed by atoms with Crippen LogP contribution < -0.4 is 15.0 Å². The summed E-state index contributed by atoms with van der Waals surface area (Å²) in [6.45, 7) is 9.48. The topological polar surface area (TPSA) is 24.5 Å². The minimum Gasteiger partial charge on any atom is -0.492 e. The van der Waals surface area contributed by atoms with Gasteiger partial charge in [-0.05, 0) is 45.7 Å². The van der Waals surface area contributed by atoms with Crippen LogP contribution in [0.3, 0.4) is 0 Å². The Bertz CT molecular complexity index is 382. The highest BCUT2D eigenvalue weighted by atomic mass is 16.5. The standard InChI is InChI=1S/C16H26N2O/c1-4-19-16-8-6-5-7-15(16)18-11-9-13(2)17-14(3)10-12-18/h5-8,13-14,17H,4,9-12H2,1-3H3. The average molecular weight is 262 g/mol. The van der Waals surface area contributed by atoms with Crippen LogP contribution in [0.25, 0.3) is 0 Å². The Kier molecular flexibility index (Phi) is 5.08. The molecule has 2 unspecified atom stereocenters. The molecule has 0 amide bonds. The van der Waals surface area contributed by atoms with E-state index in [4.69, 9.17) is 4.74 Å². The van der Waals surface area contributed by atoms with Crippen molar-refractivity contribution in [1.29, 1.82) is 0 Å². The molecule has 2 rings (SSSR count). The summed E-state index contributed by atoms with van der Waals surface area (Å²) in [5, 5.41) is 3.64. The molecule has 1 fully saturated rings. The van der Waals surface area contributed by atoms with Gasteiger partial charge < -0.3 is 15.0 Å². The molecule has 1 saturated heterocycles. The van der Waals surface area contributed by atoms with Crippen LogP contribution in [0.15, 0.2) is 24.3 Å². The summed E-state index contributed by atoms with van der Waals surface area (Å²) in [4.78, 5) is 2.47. The number of para-hydroxylation sites is 2. The third-order valence-corrected chi connectivity index (χ3v) is 3.74. The second-order valence-corrected chi connectivity index (χ2v) is 5.43. The third kappa shape index (κ3) is 3.87. The first-order valence-corrected chi connectivity index (χ1v) is 7.43. The van der Waals surface area contributed by atoms with Crippen LogP contribution in [0.5, 0.6) is 5.75 Å². The van der Waals surface area contributed by atoms with Crippen LogP contribution in [-0.4, -0.2) is 31.8 Å². The van der Waals surface area contributed by atoms with Crippen molar-refractivity contribution in [1.82, 2.24) is 5.32 Å². The molecule has 0 bridgehead atoms. The first kappa shape index (κ1) is 14.2. The highest BCUT2D eigenvalue weighted by Crippen LogP contribution is 2.29. The maximum Gasteiger partial charge on any atom is 0.142 e. The van der Waals surface area contributed by atoms with Gasteiger partial charge in [-0.1, -0.05) is 12.1 Å². The molecule has 3 heteroatoms. The van der Waals surface area contributed by atoms with Crippen molar-refractivity contribution in [2.24, 2.45) is 0 Å². The molecule has 3 nitrogen and oxygen atoms in total. The second-order valence-electron chi connectivity index (χ2n) is 5.43. The lowest BCUT2D eigenvalue weighted by molar-refractivity contribution is 0.338. The Morgan fingerprint density at radius 3 is 2.42 bits per heavy atom. The number of hydrogen-bond donors (Lipinski definition) is 1. The largest absolute Gasteiger partial charge is 0.492 e. The van der Waals surface area contributed by atoms with Gasteiger partial charge in [-0.25, -0.2) is 0 Å². The van der Waals surface area contributed by atoms with Gasteiger partial charge in [0.25, 0.3) is 0 Å². The van der Waals surface area contributed by atoms with Crippen LogP contribution in [0.2, 0.25) is 0 Å². The van der Waals surface area contributed by atoms with Gasteiger partial charge in [-0.2, -0.15) is 0 Å². The Balaban J connectivity index is 2.14. The van der Waals surface area contributed by atoms with Crippen molar-refractivity contribution in [3.05, 3.63) is 24.3 Å². The molecule has 106 valence electrons. The summed E-state index contributed by atoms with van der Waals surface area (Å²) >= 11 is 0. The molecule has 1 aliphatic rings. The van der Waals surface area contributed by atoms with Gasteiger partial charge in [0.15, 0.2) is 0 Å². The van der Waals surface area contributed by atoms with Gasteiger partial charge in [0.1, 0.15) is 5.75 Å². The summed E-state index contributed by atoms with van der Waals surface area (Å²) in [6.07, 6.45) is 2.34. The number of rotatable bonds is 3. The predicted molar refractivity (Wildman–Crippen MR) is 81.1 cm³/mol. The highest BCUT2D eigenvalue weighted by molar-refractivity contribution is 5.58. The number of benzene rings is 1. The van der Waals surface area contributed by atoms with E-state index in [-0.39, 0.29) is 0 Å². The molecule has 0 radical (unpaired) electrons. The fourth-order valence-electron chi connectivity index (χ4n) is 2.70. The van der Waals surface area contributed by atoms with Crippen molar-refractivity contribution < 1.29 is 4.74 Å².